The van der Waals surface area contributed by atoms with Gasteiger partial charge in [0.2, 0.25) is 0 Å². The van der Waals surface area contributed by atoms with Gasteiger partial charge in [0.1, 0.15) is 0 Å². The predicted octanol–water partition coefficient (Wildman–Crippen LogP) is 5.86. The summed E-state index contributed by atoms with van der Waals surface area (Å²) in [5.74, 6) is 1.73. The zero-order valence-corrected chi connectivity index (χ0v) is 18.1. The first-order valence-corrected chi connectivity index (χ1v) is 11.0. The lowest BCUT2D eigenvalue weighted by molar-refractivity contribution is 0.185. The molecule has 0 atom stereocenters. The van der Waals surface area contributed by atoms with Crippen molar-refractivity contribution in [3.05, 3.63) is 90.0 Å². The Balaban J connectivity index is 1.51. The lowest BCUT2D eigenvalue weighted by atomic mass is 10.0. The van der Waals surface area contributed by atoms with Crippen LogP contribution in [0.15, 0.2) is 84.0 Å². The molecular formula is C25H25N3OS. The van der Waals surface area contributed by atoms with Crippen LogP contribution in [0.2, 0.25) is 0 Å². The second-order valence-electron chi connectivity index (χ2n) is 7.17. The van der Waals surface area contributed by atoms with Crippen LogP contribution in [0.5, 0.6) is 0 Å². The molecule has 0 spiro atoms. The topological polar surface area (TPSA) is 39.9 Å². The van der Waals surface area contributed by atoms with E-state index in [4.69, 9.17) is 4.74 Å². The fraction of sp³-hybridized carbons (Fsp3) is 0.200. The van der Waals surface area contributed by atoms with Crippen molar-refractivity contribution in [2.24, 2.45) is 0 Å². The number of hydrogen-bond donors (Lipinski definition) is 0. The zero-order chi connectivity index (χ0) is 20.8. The molecule has 4 nitrogen and oxygen atoms in total. The quantitative estimate of drug-likeness (QED) is 0.338. The number of aromatic nitrogens is 3. The van der Waals surface area contributed by atoms with Crippen LogP contribution in [-0.2, 0) is 17.0 Å². The van der Waals surface area contributed by atoms with E-state index in [1.54, 1.807) is 18.9 Å². The molecule has 0 amide bonds. The Hall–Kier alpha value is -2.89. The molecule has 0 saturated carbocycles. The van der Waals surface area contributed by atoms with Crippen LogP contribution in [-0.4, -0.2) is 28.5 Å². The minimum atomic E-state index is 0.621. The predicted molar refractivity (Wildman–Crippen MR) is 124 cm³/mol. The van der Waals surface area contributed by atoms with Gasteiger partial charge in [0.05, 0.1) is 13.2 Å². The van der Waals surface area contributed by atoms with Crippen LogP contribution in [0, 0.1) is 6.92 Å². The summed E-state index contributed by atoms with van der Waals surface area (Å²) in [6.45, 7) is 3.44. The van der Waals surface area contributed by atoms with E-state index in [0.29, 0.717) is 6.61 Å². The Labute approximate surface area is 181 Å². The second-order valence-corrected chi connectivity index (χ2v) is 8.11. The molecule has 1 aromatic heterocycles. The minimum absolute atomic E-state index is 0.621. The molecule has 0 bridgehead atoms. The molecule has 0 saturated heterocycles. The van der Waals surface area contributed by atoms with E-state index < -0.39 is 0 Å². The molecule has 0 unspecified atom stereocenters. The molecule has 0 N–H and O–H groups in total. The van der Waals surface area contributed by atoms with Gasteiger partial charge in [-0.2, -0.15) is 0 Å². The lowest BCUT2D eigenvalue weighted by Gasteiger charge is -2.10. The Bertz CT molecular complexity index is 1090. The second kappa shape index (κ2) is 9.74. The van der Waals surface area contributed by atoms with E-state index in [9.17, 15) is 0 Å². The third-order valence-electron chi connectivity index (χ3n) is 4.94. The highest BCUT2D eigenvalue weighted by Gasteiger charge is 2.14. The Morgan fingerprint density at radius 1 is 0.833 bits per heavy atom. The molecule has 3 aromatic carbocycles. The summed E-state index contributed by atoms with van der Waals surface area (Å²) in [6, 6.07) is 27.5. The molecule has 30 heavy (non-hydrogen) atoms. The molecule has 0 aliphatic heterocycles. The number of nitrogens with zero attached hydrogens (tertiary/aromatic N) is 3. The van der Waals surface area contributed by atoms with Crippen molar-refractivity contribution < 1.29 is 4.74 Å². The van der Waals surface area contributed by atoms with Gasteiger partial charge in [0, 0.05) is 18.4 Å². The molecule has 0 radical (unpaired) electrons. The first kappa shape index (κ1) is 20.4. The smallest absolute Gasteiger partial charge is 0.191 e. The number of rotatable bonds is 8. The summed E-state index contributed by atoms with van der Waals surface area (Å²) in [4.78, 5) is 0. The van der Waals surface area contributed by atoms with Gasteiger partial charge in [-0.05, 0) is 29.7 Å². The first-order chi connectivity index (χ1) is 14.7. The van der Waals surface area contributed by atoms with Gasteiger partial charge in [-0.1, -0.05) is 90.1 Å². The number of hydrogen-bond acceptors (Lipinski definition) is 4. The summed E-state index contributed by atoms with van der Waals surface area (Å²) in [6.07, 6.45) is 0. The van der Waals surface area contributed by atoms with Crippen molar-refractivity contribution in [1.29, 1.82) is 0 Å². The van der Waals surface area contributed by atoms with Crippen LogP contribution in [0.3, 0.4) is 0 Å². The maximum Gasteiger partial charge on any atom is 0.191 e. The molecule has 0 aliphatic carbocycles. The van der Waals surface area contributed by atoms with Crippen LogP contribution in [0.4, 0.5) is 0 Å². The lowest BCUT2D eigenvalue weighted by Crippen LogP contribution is -2.07. The molecule has 4 rings (SSSR count). The largest absolute Gasteiger partial charge is 0.383 e. The number of ether oxygens (including phenoxy) is 1. The molecular weight excluding hydrogens is 390 g/mol. The van der Waals surface area contributed by atoms with Gasteiger partial charge in [-0.25, -0.2) is 0 Å². The molecule has 1 heterocycles. The van der Waals surface area contributed by atoms with Gasteiger partial charge >= 0.3 is 0 Å². The summed E-state index contributed by atoms with van der Waals surface area (Å²) in [7, 11) is 1.72. The standard InChI is InChI=1S/C25H25N3OS/c1-19-7-6-10-23(17-19)24-26-27-25(28(24)15-16-29-2)30-18-20-11-13-22(14-12-20)21-8-4-3-5-9-21/h3-14,17H,15-16,18H2,1-2H3. The fourth-order valence-electron chi connectivity index (χ4n) is 3.35. The van der Waals surface area contributed by atoms with Crippen molar-refractivity contribution in [1.82, 2.24) is 14.8 Å². The van der Waals surface area contributed by atoms with Crippen molar-refractivity contribution in [2.45, 2.75) is 24.4 Å². The van der Waals surface area contributed by atoms with Crippen LogP contribution >= 0.6 is 11.8 Å². The van der Waals surface area contributed by atoms with Crippen molar-refractivity contribution >= 4 is 11.8 Å². The van der Waals surface area contributed by atoms with E-state index in [2.05, 4.69) is 94.5 Å². The number of benzene rings is 3. The highest BCUT2D eigenvalue weighted by Crippen LogP contribution is 2.28. The Kier molecular flexibility index (Phi) is 6.62. The average molecular weight is 416 g/mol. The normalized spacial score (nSPS) is 11.0. The maximum absolute atomic E-state index is 5.32. The highest BCUT2D eigenvalue weighted by molar-refractivity contribution is 7.98. The SMILES string of the molecule is COCCn1c(SCc2ccc(-c3ccccc3)cc2)nnc1-c1cccc(C)c1. The third-order valence-corrected chi connectivity index (χ3v) is 5.98. The summed E-state index contributed by atoms with van der Waals surface area (Å²) in [5, 5.41) is 9.87. The van der Waals surface area contributed by atoms with E-state index in [1.807, 2.05) is 6.07 Å². The van der Waals surface area contributed by atoms with Crippen molar-refractivity contribution in [3.63, 3.8) is 0 Å². The van der Waals surface area contributed by atoms with E-state index in [1.165, 1.54) is 22.3 Å². The Morgan fingerprint density at radius 2 is 1.57 bits per heavy atom. The van der Waals surface area contributed by atoms with Gasteiger partial charge in [-0.3, -0.25) is 4.57 Å². The fourth-order valence-corrected chi connectivity index (χ4v) is 4.27. The Morgan fingerprint density at radius 3 is 2.30 bits per heavy atom. The minimum Gasteiger partial charge on any atom is -0.383 e. The monoisotopic (exact) mass is 415 g/mol. The van der Waals surface area contributed by atoms with Crippen LogP contribution in [0.25, 0.3) is 22.5 Å². The number of methoxy groups -OCH3 is 1. The van der Waals surface area contributed by atoms with Gasteiger partial charge in [-0.15, -0.1) is 10.2 Å². The molecule has 5 heteroatoms. The van der Waals surface area contributed by atoms with E-state index in [0.717, 1.165) is 28.8 Å². The van der Waals surface area contributed by atoms with Gasteiger partial charge in [0.25, 0.3) is 0 Å². The van der Waals surface area contributed by atoms with Crippen LogP contribution < -0.4 is 0 Å². The van der Waals surface area contributed by atoms with Crippen molar-refractivity contribution in [3.8, 4) is 22.5 Å². The molecule has 0 aliphatic rings. The third kappa shape index (κ3) is 4.81. The van der Waals surface area contributed by atoms with Gasteiger partial charge < -0.3 is 4.74 Å². The number of thioether (sulfide) groups is 1. The van der Waals surface area contributed by atoms with Crippen LogP contribution in [0.1, 0.15) is 11.1 Å². The summed E-state index contributed by atoms with van der Waals surface area (Å²) < 4.78 is 7.47. The van der Waals surface area contributed by atoms with E-state index in [-0.39, 0.29) is 0 Å². The molecule has 4 aromatic rings. The van der Waals surface area contributed by atoms with Crippen molar-refractivity contribution in [2.75, 3.05) is 13.7 Å². The average Bonchev–Trinajstić information content (AvgIpc) is 3.20. The zero-order valence-electron chi connectivity index (χ0n) is 17.3. The summed E-state index contributed by atoms with van der Waals surface area (Å²) in [5.41, 5.74) is 6.02. The van der Waals surface area contributed by atoms with Gasteiger partial charge in [0.15, 0.2) is 11.0 Å². The van der Waals surface area contributed by atoms with E-state index >= 15 is 0 Å². The summed E-state index contributed by atoms with van der Waals surface area (Å²) >= 11 is 1.71. The molecule has 152 valence electrons. The number of aryl methyl sites for hydroxylation is 1. The highest BCUT2D eigenvalue weighted by atomic mass is 32.2. The first-order valence-electron chi connectivity index (χ1n) is 10.0. The maximum atomic E-state index is 5.32. The molecule has 0 fully saturated rings.